The Morgan fingerprint density at radius 1 is 1.45 bits per heavy atom. The van der Waals surface area contributed by atoms with Gasteiger partial charge in [0.2, 0.25) is 0 Å². The molecule has 2 amide bonds. The summed E-state index contributed by atoms with van der Waals surface area (Å²) in [5.41, 5.74) is 0. The van der Waals surface area contributed by atoms with E-state index < -0.39 is 12.1 Å². The van der Waals surface area contributed by atoms with Crippen molar-refractivity contribution in [2.75, 3.05) is 39.5 Å². The van der Waals surface area contributed by atoms with Gasteiger partial charge >= 0.3 is 12.0 Å². The number of hydrogen-bond acceptors (Lipinski definition) is 4. The van der Waals surface area contributed by atoms with Gasteiger partial charge in [-0.25, -0.2) is 9.59 Å². The molecule has 0 spiro atoms. The molecule has 1 aliphatic rings. The van der Waals surface area contributed by atoms with Gasteiger partial charge in [0.05, 0.1) is 19.8 Å². The summed E-state index contributed by atoms with van der Waals surface area (Å²) in [6.45, 7) is 6.56. The molecular weight excluding hydrogens is 264 g/mol. The second-order valence-electron chi connectivity index (χ2n) is 5.17. The summed E-state index contributed by atoms with van der Waals surface area (Å²) in [7, 11) is 0. The summed E-state index contributed by atoms with van der Waals surface area (Å²) in [4.78, 5) is 24.1. The van der Waals surface area contributed by atoms with Crippen LogP contribution in [0.3, 0.4) is 0 Å². The number of carboxylic acid groups (broad SMARTS) is 1. The molecule has 1 unspecified atom stereocenters. The third-order valence-electron chi connectivity index (χ3n) is 2.99. The Kier molecular flexibility index (Phi) is 7.32. The molecule has 0 aromatic rings. The number of carbonyl (C=O) groups excluding carboxylic acids is 1. The molecule has 1 aliphatic heterocycles. The number of rotatable bonds is 7. The van der Waals surface area contributed by atoms with E-state index in [1.54, 1.807) is 0 Å². The van der Waals surface area contributed by atoms with E-state index in [0.29, 0.717) is 32.2 Å². The molecule has 0 aromatic heterocycles. The molecule has 0 saturated carbocycles. The van der Waals surface area contributed by atoms with Crippen LogP contribution in [0.5, 0.6) is 0 Å². The maximum Gasteiger partial charge on any atom is 0.334 e. The first-order valence-electron chi connectivity index (χ1n) is 6.95. The lowest BCUT2D eigenvalue weighted by molar-refractivity contribution is -0.154. The van der Waals surface area contributed by atoms with Crippen LogP contribution in [0.4, 0.5) is 4.79 Å². The highest BCUT2D eigenvalue weighted by molar-refractivity contribution is 5.77. The first-order valence-corrected chi connectivity index (χ1v) is 6.95. The van der Waals surface area contributed by atoms with Crippen LogP contribution < -0.4 is 5.32 Å². The Morgan fingerprint density at radius 2 is 2.20 bits per heavy atom. The number of carbonyl (C=O) groups is 2. The van der Waals surface area contributed by atoms with Crippen LogP contribution in [-0.4, -0.2) is 67.6 Å². The molecule has 0 aromatic carbocycles. The molecule has 1 fully saturated rings. The minimum atomic E-state index is -1.04. The number of aliphatic carboxylic acids is 1. The normalized spacial score (nSPS) is 19.1. The van der Waals surface area contributed by atoms with Gasteiger partial charge in [-0.2, -0.15) is 0 Å². The average Bonchev–Trinajstić information content (AvgIpc) is 2.42. The van der Waals surface area contributed by atoms with Gasteiger partial charge in [-0.1, -0.05) is 13.8 Å². The predicted molar refractivity (Wildman–Crippen MR) is 72.6 cm³/mol. The molecule has 2 N–H and O–H groups in total. The minimum Gasteiger partial charge on any atom is -0.479 e. The molecule has 0 aliphatic carbocycles. The second-order valence-corrected chi connectivity index (χ2v) is 5.17. The number of urea groups is 1. The minimum absolute atomic E-state index is 0.0787. The van der Waals surface area contributed by atoms with Gasteiger partial charge in [0.15, 0.2) is 6.10 Å². The smallest absolute Gasteiger partial charge is 0.334 e. The Hall–Kier alpha value is -1.34. The molecule has 20 heavy (non-hydrogen) atoms. The van der Waals surface area contributed by atoms with Crippen molar-refractivity contribution in [2.24, 2.45) is 5.92 Å². The first kappa shape index (κ1) is 16.7. The highest BCUT2D eigenvalue weighted by Gasteiger charge is 2.28. The molecule has 1 saturated heterocycles. The van der Waals surface area contributed by atoms with Gasteiger partial charge in [0, 0.05) is 19.7 Å². The summed E-state index contributed by atoms with van der Waals surface area (Å²) in [5.74, 6) is -0.439. The Bertz CT molecular complexity index is 322. The Morgan fingerprint density at radius 3 is 2.85 bits per heavy atom. The lowest BCUT2D eigenvalue weighted by Crippen LogP contribution is -2.52. The van der Waals surface area contributed by atoms with Crippen LogP contribution in [0.1, 0.15) is 20.3 Å². The number of hydrogen-bond donors (Lipinski definition) is 2. The van der Waals surface area contributed by atoms with E-state index in [9.17, 15) is 9.59 Å². The van der Waals surface area contributed by atoms with Crippen molar-refractivity contribution < 1.29 is 24.2 Å². The third-order valence-corrected chi connectivity index (χ3v) is 2.99. The van der Waals surface area contributed by atoms with Crippen molar-refractivity contribution in [3.63, 3.8) is 0 Å². The van der Waals surface area contributed by atoms with E-state index >= 15 is 0 Å². The van der Waals surface area contributed by atoms with E-state index in [1.165, 1.54) is 4.90 Å². The summed E-state index contributed by atoms with van der Waals surface area (Å²) < 4.78 is 10.4. The fourth-order valence-corrected chi connectivity index (χ4v) is 1.75. The van der Waals surface area contributed by atoms with Crippen molar-refractivity contribution in [1.29, 1.82) is 0 Å². The van der Waals surface area contributed by atoms with Gasteiger partial charge in [0.1, 0.15) is 0 Å². The van der Waals surface area contributed by atoms with Crippen molar-refractivity contribution in [1.82, 2.24) is 10.2 Å². The SMILES string of the molecule is CC(C)CCOCCNC(=O)N1CCOC(C(=O)O)C1. The largest absolute Gasteiger partial charge is 0.479 e. The van der Waals surface area contributed by atoms with Crippen molar-refractivity contribution in [2.45, 2.75) is 26.4 Å². The van der Waals surface area contributed by atoms with Crippen LogP contribution >= 0.6 is 0 Å². The molecule has 1 rings (SSSR count). The van der Waals surface area contributed by atoms with Crippen LogP contribution in [0.25, 0.3) is 0 Å². The molecule has 1 heterocycles. The maximum absolute atomic E-state index is 11.8. The predicted octanol–water partition coefficient (Wildman–Crippen LogP) is 0.544. The van der Waals surface area contributed by atoms with Crippen molar-refractivity contribution in [3.05, 3.63) is 0 Å². The van der Waals surface area contributed by atoms with E-state index in [0.717, 1.165) is 6.42 Å². The van der Waals surface area contributed by atoms with E-state index in [4.69, 9.17) is 14.6 Å². The first-order chi connectivity index (χ1) is 9.50. The van der Waals surface area contributed by atoms with E-state index in [1.807, 2.05) is 0 Å². The summed E-state index contributed by atoms with van der Waals surface area (Å²) in [6.07, 6.45) is 0.0642. The van der Waals surface area contributed by atoms with Gasteiger partial charge in [-0.15, -0.1) is 0 Å². The molecule has 0 bridgehead atoms. The molecule has 7 heteroatoms. The number of ether oxygens (including phenoxy) is 2. The highest BCUT2D eigenvalue weighted by atomic mass is 16.5. The zero-order valence-corrected chi connectivity index (χ0v) is 12.1. The van der Waals surface area contributed by atoms with Crippen molar-refractivity contribution >= 4 is 12.0 Å². The maximum atomic E-state index is 11.8. The summed E-state index contributed by atoms with van der Waals surface area (Å²) in [6, 6.07) is -0.271. The van der Waals surface area contributed by atoms with Crippen LogP contribution in [0, 0.1) is 5.92 Å². The number of carboxylic acids is 1. The lowest BCUT2D eigenvalue weighted by Gasteiger charge is -2.30. The summed E-state index contributed by atoms with van der Waals surface area (Å²) >= 11 is 0. The molecular formula is C13H24N2O5. The average molecular weight is 288 g/mol. The Labute approximate surface area is 119 Å². The van der Waals surface area contributed by atoms with E-state index in [2.05, 4.69) is 19.2 Å². The number of amides is 2. The van der Waals surface area contributed by atoms with Crippen LogP contribution in [-0.2, 0) is 14.3 Å². The fourth-order valence-electron chi connectivity index (χ4n) is 1.75. The fraction of sp³-hybridized carbons (Fsp3) is 0.846. The summed E-state index contributed by atoms with van der Waals surface area (Å²) in [5, 5.41) is 11.6. The number of nitrogens with zero attached hydrogens (tertiary/aromatic N) is 1. The Balaban J connectivity index is 2.14. The number of nitrogens with one attached hydrogen (secondary N) is 1. The van der Waals surface area contributed by atoms with Gasteiger partial charge in [0.25, 0.3) is 0 Å². The van der Waals surface area contributed by atoms with Crippen molar-refractivity contribution in [3.8, 4) is 0 Å². The second kappa shape index (κ2) is 8.76. The van der Waals surface area contributed by atoms with Gasteiger partial charge < -0.3 is 24.8 Å². The molecule has 0 radical (unpaired) electrons. The highest BCUT2D eigenvalue weighted by Crippen LogP contribution is 2.05. The topological polar surface area (TPSA) is 88.1 Å². The van der Waals surface area contributed by atoms with E-state index in [-0.39, 0.29) is 19.2 Å². The van der Waals surface area contributed by atoms with Crippen LogP contribution in [0.15, 0.2) is 0 Å². The third kappa shape index (κ3) is 6.21. The molecule has 116 valence electrons. The van der Waals surface area contributed by atoms with Gasteiger partial charge in [-0.05, 0) is 12.3 Å². The lowest BCUT2D eigenvalue weighted by atomic mass is 10.1. The monoisotopic (exact) mass is 288 g/mol. The van der Waals surface area contributed by atoms with Crippen LogP contribution in [0.2, 0.25) is 0 Å². The van der Waals surface area contributed by atoms with Gasteiger partial charge in [-0.3, -0.25) is 0 Å². The quantitative estimate of drug-likeness (QED) is 0.668. The molecule has 7 nitrogen and oxygen atoms in total. The number of morpholine rings is 1. The zero-order valence-electron chi connectivity index (χ0n) is 12.1. The standard InChI is InChI=1S/C13H24N2O5/c1-10(2)3-6-19-7-4-14-13(18)15-5-8-20-11(9-15)12(16)17/h10-11H,3-9H2,1-2H3,(H,14,18)(H,16,17). The molecule has 1 atom stereocenters. The zero-order chi connectivity index (χ0) is 15.0.